The summed E-state index contributed by atoms with van der Waals surface area (Å²) in [6.45, 7) is 4.77. The second kappa shape index (κ2) is 8.74. The number of nitrogens with zero attached hydrogens (tertiary/aromatic N) is 2. The highest BCUT2D eigenvalue weighted by atomic mass is 15.0. The Kier molecular flexibility index (Phi) is 4.82. The summed E-state index contributed by atoms with van der Waals surface area (Å²) in [6.07, 6.45) is 0. The third kappa shape index (κ3) is 3.18. The second-order valence-corrected chi connectivity index (χ2v) is 13.0. The van der Waals surface area contributed by atoms with Crippen LogP contribution in [0.5, 0.6) is 0 Å². The minimum Gasteiger partial charge on any atom is -0.309 e. The fraction of sp³-hybridized carbons (Fsp3) is 0.0698. The Morgan fingerprint density at radius 3 is 1.80 bits per heavy atom. The van der Waals surface area contributed by atoms with Crippen molar-refractivity contribution in [3.63, 3.8) is 0 Å². The first kappa shape index (κ1) is 24.8. The van der Waals surface area contributed by atoms with E-state index in [1.54, 1.807) is 0 Å². The van der Waals surface area contributed by atoms with Crippen LogP contribution in [-0.2, 0) is 5.41 Å². The van der Waals surface area contributed by atoms with Gasteiger partial charge in [-0.25, -0.2) is 0 Å². The van der Waals surface area contributed by atoms with Crippen molar-refractivity contribution in [3.05, 3.63) is 157 Å². The van der Waals surface area contributed by atoms with Crippen LogP contribution in [0.4, 0.5) is 0 Å². The van der Waals surface area contributed by atoms with Crippen LogP contribution in [-0.4, -0.2) is 9.13 Å². The number of para-hydroxylation sites is 3. The Hall–Kier alpha value is -5.60. The molecule has 0 aliphatic heterocycles. The van der Waals surface area contributed by atoms with Gasteiger partial charge in [-0.3, -0.25) is 0 Å². The molecule has 212 valence electrons. The summed E-state index contributed by atoms with van der Waals surface area (Å²) < 4.78 is 4.94. The summed E-state index contributed by atoms with van der Waals surface area (Å²) >= 11 is 0. The van der Waals surface area contributed by atoms with E-state index in [2.05, 4.69) is 169 Å². The third-order valence-electron chi connectivity index (χ3n) is 10.3. The molecule has 0 spiro atoms. The molecule has 0 saturated heterocycles. The monoisotopic (exact) mass is 574 g/mol. The smallest absolute Gasteiger partial charge is 0.0547 e. The molecule has 0 atom stereocenters. The number of fused-ring (bicyclic) bond motifs is 11. The Bertz CT molecular complexity index is 2630. The summed E-state index contributed by atoms with van der Waals surface area (Å²) in [5, 5.41) is 7.76. The molecule has 0 radical (unpaired) electrons. The van der Waals surface area contributed by atoms with E-state index in [0.717, 1.165) is 0 Å². The molecular weight excluding hydrogens is 544 g/mol. The molecule has 2 aromatic heterocycles. The highest BCUT2D eigenvalue weighted by Crippen LogP contribution is 2.52. The molecule has 7 aromatic carbocycles. The highest BCUT2D eigenvalue weighted by molar-refractivity contribution is 6.21. The maximum absolute atomic E-state index is 2.50. The summed E-state index contributed by atoms with van der Waals surface area (Å²) in [7, 11) is 0. The Balaban J connectivity index is 1.26. The molecule has 0 bridgehead atoms. The quantitative estimate of drug-likeness (QED) is 0.194. The van der Waals surface area contributed by atoms with Crippen LogP contribution in [0.15, 0.2) is 146 Å². The van der Waals surface area contributed by atoms with Gasteiger partial charge in [-0.1, -0.05) is 117 Å². The van der Waals surface area contributed by atoms with Crippen LogP contribution < -0.4 is 0 Å². The van der Waals surface area contributed by atoms with Gasteiger partial charge in [0.1, 0.15) is 0 Å². The van der Waals surface area contributed by atoms with Gasteiger partial charge in [0.2, 0.25) is 0 Å². The molecule has 0 fully saturated rings. The number of hydrogen-bond donors (Lipinski definition) is 0. The van der Waals surface area contributed by atoms with Crippen molar-refractivity contribution in [1.29, 1.82) is 0 Å². The molecule has 0 unspecified atom stereocenters. The van der Waals surface area contributed by atoms with Gasteiger partial charge in [0.15, 0.2) is 0 Å². The zero-order valence-corrected chi connectivity index (χ0v) is 25.3. The average molecular weight is 575 g/mol. The summed E-state index contributed by atoms with van der Waals surface area (Å²) in [4.78, 5) is 0. The summed E-state index contributed by atoms with van der Waals surface area (Å²) in [6, 6.07) is 53.8. The zero-order chi connectivity index (χ0) is 29.9. The fourth-order valence-electron chi connectivity index (χ4n) is 8.28. The van der Waals surface area contributed by atoms with E-state index in [-0.39, 0.29) is 5.41 Å². The summed E-state index contributed by atoms with van der Waals surface area (Å²) in [5.41, 5.74) is 12.7. The van der Waals surface area contributed by atoms with Gasteiger partial charge in [0.25, 0.3) is 0 Å². The zero-order valence-electron chi connectivity index (χ0n) is 25.3. The first-order valence-electron chi connectivity index (χ1n) is 15.8. The van der Waals surface area contributed by atoms with Gasteiger partial charge in [0.05, 0.1) is 27.8 Å². The second-order valence-electron chi connectivity index (χ2n) is 13.0. The predicted molar refractivity (Wildman–Crippen MR) is 190 cm³/mol. The molecule has 2 heterocycles. The van der Waals surface area contributed by atoms with Crippen molar-refractivity contribution in [2.45, 2.75) is 19.3 Å². The van der Waals surface area contributed by atoms with Crippen LogP contribution in [0, 0.1) is 0 Å². The molecule has 0 amide bonds. The molecule has 2 nitrogen and oxygen atoms in total. The van der Waals surface area contributed by atoms with Gasteiger partial charge >= 0.3 is 0 Å². The van der Waals surface area contributed by atoms with Crippen molar-refractivity contribution in [1.82, 2.24) is 9.13 Å². The third-order valence-corrected chi connectivity index (χ3v) is 10.3. The van der Waals surface area contributed by atoms with Crippen LogP contribution in [0.1, 0.15) is 25.0 Å². The first-order chi connectivity index (χ1) is 22.1. The largest absolute Gasteiger partial charge is 0.309 e. The van der Waals surface area contributed by atoms with E-state index < -0.39 is 0 Å². The van der Waals surface area contributed by atoms with Crippen LogP contribution in [0.2, 0.25) is 0 Å². The molecule has 2 heteroatoms. The molecule has 0 N–H and O–H groups in total. The molecule has 1 aliphatic carbocycles. The van der Waals surface area contributed by atoms with Crippen molar-refractivity contribution in [2.24, 2.45) is 0 Å². The maximum Gasteiger partial charge on any atom is 0.0547 e. The maximum atomic E-state index is 2.50. The van der Waals surface area contributed by atoms with E-state index >= 15 is 0 Å². The van der Waals surface area contributed by atoms with Crippen LogP contribution >= 0.6 is 0 Å². The Morgan fingerprint density at radius 1 is 0.444 bits per heavy atom. The van der Waals surface area contributed by atoms with Crippen molar-refractivity contribution < 1.29 is 0 Å². The molecular formula is C43H30N2. The molecule has 10 rings (SSSR count). The lowest BCUT2D eigenvalue weighted by molar-refractivity contribution is 0.659. The van der Waals surface area contributed by atoms with E-state index in [9.17, 15) is 0 Å². The van der Waals surface area contributed by atoms with E-state index in [1.807, 2.05) is 0 Å². The van der Waals surface area contributed by atoms with Crippen molar-refractivity contribution >= 4 is 54.4 Å². The lowest BCUT2D eigenvalue weighted by Gasteiger charge is -2.22. The van der Waals surface area contributed by atoms with Gasteiger partial charge in [-0.2, -0.15) is 0 Å². The molecule has 0 saturated carbocycles. The number of benzene rings is 7. The number of rotatable bonds is 2. The van der Waals surface area contributed by atoms with Gasteiger partial charge < -0.3 is 9.13 Å². The number of hydrogen-bond acceptors (Lipinski definition) is 0. The van der Waals surface area contributed by atoms with E-state index in [1.165, 1.54) is 88.0 Å². The molecule has 9 aromatic rings. The molecule has 45 heavy (non-hydrogen) atoms. The van der Waals surface area contributed by atoms with Gasteiger partial charge in [-0.15, -0.1) is 0 Å². The van der Waals surface area contributed by atoms with E-state index in [0.29, 0.717) is 0 Å². The van der Waals surface area contributed by atoms with Gasteiger partial charge in [0, 0.05) is 38.2 Å². The highest BCUT2D eigenvalue weighted by Gasteiger charge is 2.38. The first-order valence-corrected chi connectivity index (χ1v) is 15.8. The SMILES string of the molecule is CC1(C)c2cc(-n3c4ccccc4c4ccccc43)ccc2-c2c(-n3c4ccccc4c4c5ccccc5ccc43)cccc21. The standard InChI is InChI=1S/C43H30N2/c1-43(2)34-17-11-21-39(45-38-20-10-7-16-33(38)41-29-13-4-3-12-27(29)22-25-40(41)45)42(34)32-24-23-28(26-35(32)43)44-36-18-8-5-14-30(36)31-15-6-9-19-37(31)44/h3-26H,1-2H3. The van der Waals surface area contributed by atoms with Crippen LogP contribution in [0.25, 0.3) is 76.9 Å². The van der Waals surface area contributed by atoms with Crippen molar-refractivity contribution in [2.75, 3.05) is 0 Å². The summed E-state index contributed by atoms with van der Waals surface area (Å²) in [5.74, 6) is 0. The van der Waals surface area contributed by atoms with E-state index in [4.69, 9.17) is 0 Å². The average Bonchev–Trinajstić information content (AvgIpc) is 3.68. The Morgan fingerprint density at radius 2 is 1.07 bits per heavy atom. The fourth-order valence-corrected chi connectivity index (χ4v) is 8.28. The van der Waals surface area contributed by atoms with Crippen molar-refractivity contribution in [3.8, 4) is 22.5 Å². The lowest BCUT2D eigenvalue weighted by atomic mass is 9.82. The number of aromatic nitrogens is 2. The Labute approximate surface area is 261 Å². The predicted octanol–water partition coefficient (Wildman–Crippen LogP) is 11.3. The topological polar surface area (TPSA) is 9.86 Å². The van der Waals surface area contributed by atoms with Gasteiger partial charge in [-0.05, 0) is 69.9 Å². The molecule has 1 aliphatic rings. The normalized spacial score (nSPS) is 13.7. The minimum absolute atomic E-state index is 0.152. The minimum atomic E-state index is -0.152. The lowest BCUT2D eigenvalue weighted by Crippen LogP contribution is -2.15. The van der Waals surface area contributed by atoms with Crippen LogP contribution in [0.3, 0.4) is 0 Å².